The lowest BCUT2D eigenvalue weighted by Crippen LogP contribution is -2.53. The molecule has 5 nitrogen and oxygen atoms in total. The minimum atomic E-state index is -0.345. The van der Waals surface area contributed by atoms with Crippen LogP contribution in [0.5, 0.6) is 0 Å². The second kappa shape index (κ2) is 7.07. The molecule has 2 heterocycles. The molecule has 24 heavy (non-hydrogen) atoms. The molecule has 6 heteroatoms. The van der Waals surface area contributed by atoms with Crippen LogP contribution in [0.1, 0.15) is 19.3 Å². The van der Waals surface area contributed by atoms with E-state index in [1.807, 2.05) is 11.9 Å². The highest BCUT2D eigenvalue weighted by molar-refractivity contribution is 5.81. The van der Waals surface area contributed by atoms with Gasteiger partial charge < -0.3 is 20.2 Å². The quantitative estimate of drug-likeness (QED) is 0.880. The number of nitrogens with zero attached hydrogens (tertiary/aromatic N) is 2. The van der Waals surface area contributed by atoms with Crippen LogP contribution in [0.15, 0.2) is 24.3 Å². The third-order valence-electron chi connectivity index (χ3n) is 5.28. The molecule has 3 rings (SSSR count). The number of aliphatic hydroxyl groups excluding tert-OH is 1. The molecule has 2 aliphatic rings. The Hall–Kier alpha value is -1.66. The Morgan fingerprint density at radius 1 is 1.38 bits per heavy atom. The summed E-state index contributed by atoms with van der Waals surface area (Å²) in [5.41, 5.74) is 0.485. The summed E-state index contributed by atoms with van der Waals surface area (Å²) in [5.74, 6) is -0.347. The minimum absolute atomic E-state index is 0.00202. The first-order chi connectivity index (χ1) is 11.5. The Bertz CT molecular complexity index is 575. The maximum atomic E-state index is 13.6. The van der Waals surface area contributed by atoms with Gasteiger partial charge in [-0.2, -0.15) is 0 Å². The van der Waals surface area contributed by atoms with Crippen molar-refractivity contribution < 1.29 is 14.3 Å². The van der Waals surface area contributed by atoms with Crippen molar-refractivity contribution in [1.29, 1.82) is 0 Å². The van der Waals surface area contributed by atoms with Gasteiger partial charge >= 0.3 is 0 Å². The third-order valence-corrected chi connectivity index (χ3v) is 5.28. The van der Waals surface area contributed by atoms with E-state index in [0.29, 0.717) is 18.8 Å². The van der Waals surface area contributed by atoms with E-state index in [9.17, 15) is 14.3 Å². The van der Waals surface area contributed by atoms with Gasteiger partial charge in [0.25, 0.3) is 0 Å². The number of carbonyl (C=O) groups excluding carboxylic acids is 1. The Balaban J connectivity index is 1.51. The second-order valence-corrected chi connectivity index (χ2v) is 7.27. The summed E-state index contributed by atoms with van der Waals surface area (Å²) in [6.07, 6.45) is 2.39. The lowest BCUT2D eigenvalue weighted by Gasteiger charge is -2.48. The van der Waals surface area contributed by atoms with Crippen LogP contribution >= 0.6 is 0 Å². The van der Waals surface area contributed by atoms with E-state index in [0.717, 1.165) is 32.4 Å². The van der Waals surface area contributed by atoms with Crippen LogP contribution in [0.2, 0.25) is 0 Å². The molecule has 2 fully saturated rings. The topological polar surface area (TPSA) is 55.8 Å². The van der Waals surface area contributed by atoms with E-state index in [2.05, 4.69) is 10.2 Å². The molecular formula is C18H26FN3O2. The number of β-amino-alcohol motifs (C(OH)–C–C–N with tert-alkyl or cyclic N) is 1. The number of para-hydroxylation sites is 1. The first-order valence-electron chi connectivity index (χ1n) is 8.60. The SMILES string of the molecule is CN1CC(O)CC2(CCN(C(=O)CNc3ccccc3F)CC2)C1. The Kier molecular flexibility index (Phi) is 5.06. The number of rotatable bonds is 3. The molecule has 0 aromatic heterocycles. The van der Waals surface area contributed by atoms with Crippen molar-refractivity contribution in [2.45, 2.75) is 25.4 Å². The molecule has 1 spiro atoms. The highest BCUT2D eigenvalue weighted by atomic mass is 19.1. The van der Waals surface area contributed by atoms with Crippen molar-refractivity contribution >= 4 is 11.6 Å². The van der Waals surface area contributed by atoms with Crippen LogP contribution in [0, 0.1) is 11.2 Å². The van der Waals surface area contributed by atoms with Gasteiger partial charge in [0, 0.05) is 26.2 Å². The van der Waals surface area contributed by atoms with Crippen LogP contribution in [0.25, 0.3) is 0 Å². The molecule has 0 bridgehead atoms. The standard InChI is InChI=1S/C18H26FN3O2/c1-21-12-14(23)10-18(13-21)6-8-22(9-7-18)17(24)11-20-16-5-3-2-4-15(16)19/h2-5,14,20,23H,6-13H2,1H3. The van der Waals surface area contributed by atoms with Crippen LogP contribution < -0.4 is 5.32 Å². The molecule has 2 N–H and O–H groups in total. The fourth-order valence-electron chi connectivity index (χ4n) is 4.11. The lowest BCUT2D eigenvalue weighted by atomic mass is 9.72. The summed E-state index contributed by atoms with van der Waals surface area (Å²) in [6, 6.07) is 6.38. The van der Waals surface area contributed by atoms with Gasteiger partial charge in [-0.25, -0.2) is 4.39 Å². The van der Waals surface area contributed by atoms with Crippen molar-refractivity contribution in [3.05, 3.63) is 30.1 Å². The number of halogens is 1. The van der Waals surface area contributed by atoms with E-state index in [4.69, 9.17) is 0 Å². The number of likely N-dealkylation sites (tertiary alicyclic amines) is 2. The molecule has 2 saturated heterocycles. The number of carbonyl (C=O) groups is 1. The fourth-order valence-corrected chi connectivity index (χ4v) is 4.11. The summed E-state index contributed by atoms with van der Waals surface area (Å²) in [6.45, 7) is 3.24. The zero-order chi connectivity index (χ0) is 17.2. The average Bonchev–Trinajstić information content (AvgIpc) is 2.53. The predicted molar refractivity (Wildman–Crippen MR) is 91.3 cm³/mol. The first kappa shape index (κ1) is 17.2. The summed E-state index contributed by atoms with van der Waals surface area (Å²) >= 11 is 0. The smallest absolute Gasteiger partial charge is 0.241 e. The van der Waals surface area contributed by atoms with Crippen molar-refractivity contribution in [3.63, 3.8) is 0 Å². The maximum Gasteiger partial charge on any atom is 0.241 e. The maximum absolute atomic E-state index is 13.6. The number of likely N-dealkylation sites (N-methyl/N-ethyl adjacent to an activating group) is 1. The number of benzene rings is 1. The number of anilines is 1. The van der Waals surface area contributed by atoms with Crippen molar-refractivity contribution in [2.24, 2.45) is 5.41 Å². The van der Waals surface area contributed by atoms with Gasteiger partial charge in [-0.15, -0.1) is 0 Å². The molecular weight excluding hydrogens is 309 g/mol. The Morgan fingerprint density at radius 3 is 2.75 bits per heavy atom. The number of piperidine rings is 2. The number of hydrogen-bond donors (Lipinski definition) is 2. The van der Waals surface area contributed by atoms with E-state index < -0.39 is 0 Å². The highest BCUT2D eigenvalue weighted by Crippen LogP contribution is 2.39. The van der Waals surface area contributed by atoms with E-state index in [-0.39, 0.29) is 29.8 Å². The van der Waals surface area contributed by atoms with Crippen molar-refractivity contribution in [2.75, 3.05) is 45.1 Å². The van der Waals surface area contributed by atoms with Gasteiger partial charge in [-0.1, -0.05) is 12.1 Å². The third kappa shape index (κ3) is 3.87. The van der Waals surface area contributed by atoms with Crippen LogP contribution in [0.4, 0.5) is 10.1 Å². The second-order valence-electron chi connectivity index (χ2n) is 7.27. The van der Waals surface area contributed by atoms with E-state index in [1.165, 1.54) is 6.07 Å². The fraction of sp³-hybridized carbons (Fsp3) is 0.611. The van der Waals surface area contributed by atoms with Crippen LogP contribution in [0.3, 0.4) is 0 Å². The molecule has 0 aliphatic carbocycles. The zero-order valence-electron chi connectivity index (χ0n) is 14.2. The Morgan fingerprint density at radius 2 is 2.08 bits per heavy atom. The molecule has 1 aromatic carbocycles. The van der Waals surface area contributed by atoms with Crippen LogP contribution in [-0.2, 0) is 4.79 Å². The number of aliphatic hydroxyl groups is 1. The van der Waals surface area contributed by atoms with E-state index in [1.54, 1.807) is 18.2 Å². The number of amides is 1. The number of nitrogens with one attached hydrogen (secondary N) is 1. The summed E-state index contributed by atoms with van der Waals surface area (Å²) in [5, 5.41) is 12.9. The predicted octanol–water partition coefficient (Wildman–Crippen LogP) is 1.54. The molecule has 132 valence electrons. The zero-order valence-corrected chi connectivity index (χ0v) is 14.2. The molecule has 1 aromatic rings. The van der Waals surface area contributed by atoms with E-state index >= 15 is 0 Å². The normalized spacial score (nSPS) is 24.1. The van der Waals surface area contributed by atoms with Crippen molar-refractivity contribution in [3.8, 4) is 0 Å². The van der Waals surface area contributed by atoms with Crippen molar-refractivity contribution in [1.82, 2.24) is 9.80 Å². The monoisotopic (exact) mass is 335 g/mol. The minimum Gasteiger partial charge on any atom is -0.392 e. The molecule has 1 atom stereocenters. The number of hydrogen-bond acceptors (Lipinski definition) is 4. The van der Waals surface area contributed by atoms with Gasteiger partial charge in [0.15, 0.2) is 0 Å². The largest absolute Gasteiger partial charge is 0.392 e. The molecule has 2 aliphatic heterocycles. The van der Waals surface area contributed by atoms with Gasteiger partial charge in [0.2, 0.25) is 5.91 Å². The summed E-state index contributed by atoms with van der Waals surface area (Å²) in [7, 11) is 2.04. The van der Waals surface area contributed by atoms with Gasteiger partial charge in [0.05, 0.1) is 18.3 Å². The first-order valence-corrected chi connectivity index (χ1v) is 8.60. The molecule has 0 saturated carbocycles. The molecule has 0 radical (unpaired) electrons. The highest BCUT2D eigenvalue weighted by Gasteiger charge is 2.41. The molecule has 1 amide bonds. The van der Waals surface area contributed by atoms with Gasteiger partial charge in [-0.3, -0.25) is 4.79 Å². The van der Waals surface area contributed by atoms with Gasteiger partial charge in [-0.05, 0) is 43.9 Å². The summed E-state index contributed by atoms with van der Waals surface area (Å²) in [4.78, 5) is 16.4. The lowest BCUT2D eigenvalue weighted by molar-refractivity contribution is -0.133. The Labute approximate surface area is 142 Å². The van der Waals surface area contributed by atoms with Crippen LogP contribution in [-0.4, -0.2) is 66.7 Å². The molecule has 1 unspecified atom stereocenters. The van der Waals surface area contributed by atoms with Gasteiger partial charge in [0.1, 0.15) is 5.82 Å². The average molecular weight is 335 g/mol. The summed E-state index contributed by atoms with van der Waals surface area (Å²) < 4.78 is 13.6.